The van der Waals surface area contributed by atoms with Crippen molar-refractivity contribution in [3.05, 3.63) is 29.8 Å². The van der Waals surface area contributed by atoms with Gasteiger partial charge in [-0.05, 0) is 75.2 Å². The second kappa shape index (κ2) is 15.5. The SMILES string of the molecule is CCCCCS(=O)(=O)N[C@@H](Cc1ccc(OCCCCC2CCNCC2)cc1)C(=O)O.Cl. The van der Waals surface area contributed by atoms with Gasteiger partial charge in [-0.15, -0.1) is 12.4 Å². The van der Waals surface area contributed by atoms with E-state index >= 15 is 0 Å². The van der Waals surface area contributed by atoms with E-state index in [1.54, 1.807) is 12.1 Å². The van der Waals surface area contributed by atoms with Gasteiger partial charge >= 0.3 is 5.97 Å². The third-order valence-electron chi connectivity index (χ3n) is 5.73. The van der Waals surface area contributed by atoms with Crippen LogP contribution in [0.3, 0.4) is 0 Å². The molecule has 0 radical (unpaired) electrons. The van der Waals surface area contributed by atoms with E-state index in [2.05, 4.69) is 10.0 Å². The van der Waals surface area contributed by atoms with Gasteiger partial charge in [0.05, 0.1) is 12.4 Å². The number of hydrogen-bond donors (Lipinski definition) is 3. The van der Waals surface area contributed by atoms with E-state index in [0.29, 0.717) is 13.0 Å². The summed E-state index contributed by atoms with van der Waals surface area (Å²) in [6, 6.07) is 6.05. The van der Waals surface area contributed by atoms with Crippen LogP contribution in [0.1, 0.15) is 63.9 Å². The van der Waals surface area contributed by atoms with Gasteiger partial charge in [-0.1, -0.05) is 38.3 Å². The molecule has 1 fully saturated rings. The smallest absolute Gasteiger partial charge is 0.322 e. The molecular formula is C23H39ClN2O5S. The second-order valence-corrected chi connectivity index (χ2v) is 10.3. The minimum atomic E-state index is -3.61. The topological polar surface area (TPSA) is 105 Å². The van der Waals surface area contributed by atoms with Gasteiger partial charge in [0, 0.05) is 0 Å². The van der Waals surface area contributed by atoms with Gasteiger partial charge < -0.3 is 15.2 Å². The summed E-state index contributed by atoms with van der Waals surface area (Å²) >= 11 is 0. The third kappa shape index (κ3) is 11.5. The molecule has 0 spiro atoms. The van der Waals surface area contributed by atoms with Crippen LogP contribution in [0, 0.1) is 5.92 Å². The number of ether oxygens (including phenoxy) is 1. The number of carboxylic acids is 1. The Morgan fingerprint density at radius 2 is 1.84 bits per heavy atom. The van der Waals surface area contributed by atoms with Crippen molar-refractivity contribution >= 4 is 28.4 Å². The van der Waals surface area contributed by atoms with Crippen LogP contribution in [0.25, 0.3) is 0 Å². The van der Waals surface area contributed by atoms with E-state index in [1.807, 2.05) is 19.1 Å². The van der Waals surface area contributed by atoms with Crippen molar-refractivity contribution in [1.29, 1.82) is 0 Å². The molecule has 0 amide bonds. The van der Waals surface area contributed by atoms with Crippen LogP contribution in [0.2, 0.25) is 0 Å². The lowest BCUT2D eigenvalue weighted by Gasteiger charge is -2.22. The normalized spacial score (nSPS) is 15.7. The Balaban J connectivity index is 0.00000512. The zero-order chi connectivity index (χ0) is 22.5. The summed E-state index contributed by atoms with van der Waals surface area (Å²) in [5.41, 5.74) is 0.752. The molecule has 9 heteroatoms. The molecular weight excluding hydrogens is 452 g/mol. The lowest BCUT2D eigenvalue weighted by atomic mass is 9.93. The van der Waals surface area contributed by atoms with Crippen molar-refractivity contribution in [2.75, 3.05) is 25.4 Å². The highest BCUT2D eigenvalue weighted by Crippen LogP contribution is 2.19. The molecule has 0 aromatic heterocycles. The van der Waals surface area contributed by atoms with Crippen molar-refractivity contribution in [3.63, 3.8) is 0 Å². The van der Waals surface area contributed by atoms with Crippen LogP contribution in [0.5, 0.6) is 5.75 Å². The Hall–Kier alpha value is -1.35. The van der Waals surface area contributed by atoms with Crippen molar-refractivity contribution in [2.45, 2.75) is 70.8 Å². The van der Waals surface area contributed by atoms with Crippen molar-refractivity contribution in [1.82, 2.24) is 10.0 Å². The highest BCUT2D eigenvalue weighted by Gasteiger charge is 2.24. The summed E-state index contributed by atoms with van der Waals surface area (Å²) in [6.45, 7) is 4.93. The quantitative estimate of drug-likeness (QED) is 0.323. The maximum atomic E-state index is 12.1. The number of halogens is 1. The summed E-state index contributed by atoms with van der Waals surface area (Å²) in [6.07, 6.45) is 8.33. The molecule has 1 atom stereocenters. The number of aliphatic carboxylic acids is 1. The van der Waals surface area contributed by atoms with Crippen molar-refractivity contribution < 1.29 is 23.1 Å². The summed E-state index contributed by atoms with van der Waals surface area (Å²) in [4.78, 5) is 11.5. The zero-order valence-corrected chi connectivity index (χ0v) is 20.7. The fraction of sp³-hybridized carbons (Fsp3) is 0.696. The van der Waals surface area contributed by atoms with Crippen LogP contribution in [0.4, 0.5) is 0 Å². The largest absolute Gasteiger partial charge is 0.494 e. The highest BCUT2D eigenvalue weighted by atomic mass is 35.5. The van der Waals surface area contributed by atoms with Crippen LogP contribution in [0.15, 0.2) is 24.3 Å². The molecule has 2 rings (SSSR count). The number of hydrogen-bond acceptors (Lipinski definition) is 5. The van der Waals surface area contributed by atoms with Crippen LogP contribution in [-0.4, -0.2) is 51.0 Å². The molecule has 0 aliphatic carbocycles. The number of rotatable bonds is 15. The lowest BCUT2D eigenvalue weighted by Crippen LogP contribution is -2.43. The summed E-state index contributed by atoms with van der Waals surface area (Å²) in [5, 5.41) is 12.8. The number of carbonyl (C=O) groups is 1. The molecule has 0 bridgehead atoms. The number of nitrogens with one attached hydrogen (secondary N) is 2. The van der Waals surface area contributed by atoms with Gasteiger partial charge in [-0.3, -0.25) is 4.79 Å². The molecule has 1 aliphatic rings. The minimum Gasteiger partial charge on any atom is -0.494 e. The number of piperidine rings is 1. The van der Waals surface area contributed by atoms with Gasteiger partial charge in [0.15, 0.2) is 0 Å². The van der Waals surface area contributed by atoms with Gasteiger partial charge in [0.1, 0.15) is 11.8 Å². The third-order valence-corrected chi connectivity index (χ3v) is 7.20. The van der Waals surface area contributed by atoms with E-state index in [9.17, 15) is 18.3 Å². The molecule has 1 saturated heterocycles. The standard InChI is InChI=1S/C23H38N2O5S.ClH/c1-2-3-6-17-31(28,29)25-22(23(26)27)18-20-8-10-21(11-9-20)30-16-5-4-7-19-12-14-24-15-13-19;/h8-11,19,22,24-25H,2-7,12-18H2,1H3,(H,26,27);1H/t22-;/m0./s1. The van der Waals surface area contributed by atoms with E-state index in [0.717, 1.165) is 49.6 Å². The minimum absolute atomic E-state index is 0. The number of carboxylic acid groups (broad SMARTS) is 1. The van der Waals surface area contributed by atoms with E-state index < -0.39 is 22.0 Å². The predicted molar refractivity (Wildman–Crippen MR) is 130 cm³/mol. The first kappa shape index (κ1) is 28.7. The molecule has 1 aromatic carbocycles. The zero-order valence-electron chi connectivity index (χ0n) is 19.1. The molecule has 1 aliphatic heterocycles. The Kier molecular flexibility index (Phi) is 13.9. The average Bonchev–Trinajstić information content (AvgIpc) is 2.75. The average molecular weight is 491 g/mol. The fourth-order valence-electron chi connectivity index (χ4n) is 3.85. The van der Waals surface area contributed by atoms with Gasteiger partial charge in [0.25, 0.3) is 0 Å². The molecule has 32 heavy (non-hydrogen) atoms. The highest BCUT2D eigenvalue weighted by molar-refractivity contribution is 7.89. The summed E-state index contributed by atoms with van der Waals surface area (Å²) in [5.74, 6) is 0.368. The van der Waals surface area contributed by atoms with E-state index in [1.165, 1.54) is 25.7 Å². The Morgan fingerprint density at radius 1 is 1.16 bits per heavy atom. The molecule has 184 valence electrons. The molecule has 7 nitrogen and oxygen atoms in total. The Morgan fingerprint density at radius 3 is 2.47 bits per heavy atom. The van der Waals surface area contributed by atoms with Crippen LogP contribution >= 0.6 is 12.4 Å². The maximum Gasteiger partial charge on any atom is 0.322 e. The number of benzene rings is 1. The molecule has 1 aromatic rings. The second-order valence-electron chi connectivity index (χ2n) is 8.42. The molecule has 0 saturated carbocycles. The van der Waals surface area contributed by atoms with Gasteiger partial charge in [-0.2, -0.15) is 0 Å². The monoisotopic (exact) mass is 490 g/mol. The van der Waals surface area contributed by atoms with E-state index in [4.69, 9.17) is 4.74 Å². The van der Waals surface area contributed by atoms with E-state index in [-0.39, 0.29) is 24.6 Å². The molecule has 1 heterocycles. The van der Waals surface area contributed by atoms with Crippen LogP contribution in [-0.2, 0) is 21.2 Å². The summed E-state index contributed by atoms with van der Waals surface area (Å²) in [7, 11) is -3.61. The van der Waals surface area contributed by atoms with Gasteiger partial charge in [-0.25, -0.2) is 13.1 Å². The maximum absolute atomic E-state index is 12.1. The number of unbranched alkanes of at least 4 members (excludes halogenated alkanes) is 3. The summed E-state index contributed by atoms with van der Waals surface area (Å²) < 4.78 is 32.4. The van der Waals surface area contributed by atoms with Crippen molar-refractivity contribution in [2.24, 2.45) is 5.92 Å². The molecule has 0 unspecified atom stereocenters. The first-order valence-electron chi connectivity index (χ1n) is 11.5. The fourth-order valence-corrected chi connectivity index (χ4v) is 5.17. The van der Waals surface area contributed by atoms with Gasteiger partial charge in [0.2, 0.25) is 10.0 Å². The Bertz CT molecular complexity index is 752. The molecule has 3 N–H and O–H groups in total. The van der Waals surface area contributed by atoms with Crippen LogP contribution < -0.4 is 14.8 Å². The lowest BCUT2D eigenvalue weighted by molar-refractivity contribution is -0.138. The Labute approximate surface area is 199 Å². The van der Waals surface area contributed by atoms with Crippen molar-refractivity contribution in [3.8, 4) is 5.75 Å². The predicted octanol–water partition coefficient (Wildman–Crippen LogP) is 3.76. The first-order valence-corrected chi connectivity index (χ1v) is 13.2. The first-order chi connectivity index (χ1) is 14.9. The number of sulfonamides is 1.